The molecule has 0 amide bonds. The summed E-state index contributed by atoms with van der Waals surface area (Å²) in [4.78, 5) is 12.6. The van der Waals surface area contributed by atoms with Gasteiger partial charge in [0.1, 0.15) is 17.5 Å². The number of aliphatic hydroxyl groups excluding tert-OH is 2. The van der Waals surface area contributed by atoms with E-state index in [-0.39, 0.29) is 24.7 Å². The number of ketones is 1. The van der Waals surface area contributed by atoms with Crippen LogP contribution in [0.25, 0.3) is 0 Å². The van der Waals surface area contributed by atoms with Crippen LogP contribution in [0.15, 0.2) is 11.6 Å². The Hall–Kier alpha value is -0.710. The van der Waals surface area contributed by atoms with Crippen molar-refractivity contribution in [2.75, 3.05) is 6.61 Å². The molecule has 5 atom stereocenters. The first-order valence-corrected chi connectivity index (χ1v) is 7.50. The average Bonchev–Trinajstić information content (AvgIpc) is 2.36. The fourth-order valence-electron chi connectivity index (χ4n) is 3.99. The summed E-state index contributed by atoms with van der Waals surface area (Å²) in [5, 5.41) is 30.1. The van der Waals surface area contributed by atoms with Gasteiger partial charge in [-0.25, -0.2) is 0 Å². The maximum absolute atomic E-state index is 12.6. The zero-order valence-electron chi connectivity index (χ0n) is 12.6. The van der Waals surface area contributed by atoms with Crippen molar-refractivity contribution in [3.05, 3.63) is 11.6 Å². The van der Waals surface area contributed by atoms with E-state index in [0.717, 1.165) is 24.8 Å². The van der Waals surface area contributed by atoms with Crippen LogP contribution >= 0.6 is 0 Å². The summed E-state index contributed by atoms with van der Waals surface area (Å²) in [6.45, 7) is 5.24. The minimum Gasteiger partial charge on any atom is -0.396 e. The largest absolute Gasteiger partial charge is 0.396 e. The highest BCUT2D eigenvalue weighted by Gasteiger charge is 2.59. The second kappa shape index (κ2) is 5.24. The van der Waals surface area contributed by atoms with Gasteiger partial charge in [0.2, 0.25) is 0 Å². The molecule has 3 N–H and O–H groups in total. The molecule has 2 aliphatic carbocycles. The predicted molar refractivity (Wildman–Crippen MR) is 76.0 cm³/mol. The van der Waals surface area contributed by atoms with Gasteiger partial charge in [0, 0.05) is 13.0 Å². The van der Waals surface area contributed by atoms with Gasteiger partial charge in [0.05, 0.1) is 5.41 Å². The molecule has 0 unspecified atom stereocenters. The van der Waals surface area contributed by atoms with E-state index in [1.54, 1.807) is 13.0 Å². The maximum Gasteiger partial charge on any atom is 0.144 e. The lowest BCUT2D eigenvalue weighted by molar-refractivity contribution is -0.174. The number of hydrogen-bond donors (Lipinski definition) is 3. The van der Waals surface area contributed by atoms with Gasteiger partial charge in [-0.3, -0.25) is 4.79 Å². The standard InChI is InChI=1S/C16H26O4/c1-10-4-5-12-11(8-10)9-14(19)16(3,20)15(12,2)13(18)6-7-17/h9-10,12,14,17,19-20H,4-8H2,1-3H3/t10-,12-,14+,15-,16+/m0/s1. The molecule has 0 aromatic carbocycles. The summed E-state index contributed by atoms with van der Waals surface area (Å²) in [6.07, 6.45) is 3.48. The number of rotatable bonds is 3. The first-order chi connectivity index (χ1) is 9.25. The predicted octanol–water partition coefficient (Wildman–Crippen LogP) is 1.43. The van der Waals surface area contributed by atoms with Crippen LogP contribution < -0.4 is 0 Å². The Morgan fingerprint density at radius 3 is 2.65 bits per heavy atom. The molecular weight excluding hydrogens is 256 g/mol. The number of carbonyl (C=O) groups is 1. The van der Waals surface area contributed by atoms with Crippen molar-refractivity contribution < 1.29 is 20.1 Å². The zero-order valence-corrected chi connectivity index (χ0v) is 12.6. The lowest BCUT2D eigenvalue weighted by Gasteiger charge is -2.54. The molecule has 0 aliphatic heterocycles. The zero-order chi connectivity index (χ0) is 15.1. The fourth-order valence-corrected chi connectivity index (χ4v) is 3.99. The molecule has 2 aliphatic rings. The van der Waals surface area contributed by atoms with E-state index in [2.05, 4.69) is 6.92 Å². The fraction of sp³-hybridized carbons (Fsp3) is 0.812. The molecule has 4 nitrogen and oxygen atoms in total. The summed E-state index contributed by atoms with van der Waals surface area (Å²) in [7, 11) is 0. The third-order valence-corrected chi connectivity index (χ3v) is 5.59. The molecule has 114 valence electrons. The van der Waals surface area contributed by atoms with E-state index in [4.69, 9.17) is 5.11 Å². The van der Waals surface area contributed by atoms with Crippen LogP contribution in [0.1, 0.15) is 46.5 Å². The van der Waals surface area contributed by atoms with E-state index in [1.807, 2.05) is 0 Å². The van der Waals surface area contributed by atoms with Gasteiger partial charge >= 0.3 is 0 Å². The Morgan fingerprint density at radius 2 is 2.05 bits per heavy atom. The number of allylic oxidation sites excluding steroid dienone is 1. The van der Waals surface area contributed by atoms with Crippen LogP contribution in [-0.4, -0.2) is 39.4 Å². The van der Waals surface area contributed by atoms with E-state index >= 15 is 0 Å². The molecule has 20 heavy (non-hydrogen) atoms. The first-order valence-electron chi connectivity index (χ1n) is 7.50. The molecule has 0 aromatic rings. The molecule has 0 heterocycles. The smallest absolute Gasteiger partial charge is 0.144 e. The molecule has 1 saturated carbocycles. The minimum atomic E-state index is -1.49. The summed E-state index contributed by atoms with van der Waals surface area (Å²) >= 11 is 0. The summed E-state index contributed by atoms with van der Waals surface area (Å²) in [6, 6.07) is 0. The van der Waals surface area contributed by atoms with Gasteiger partial charge in [0.15, 0.2) is 0 Å². The van der Waals surface area contributed by atoms with Gasteiger partial charge in [0.25, 0.3) is 0 Å². The molecule has 0 aromatic heterocycles. The minimum absolute atomic E-state index is 0.0265. The Morgan fingerprint density at radius 1 is 1.40 bits per heavy atom. The molecule has 1 fully saturated rings. The van der Waals surface area contributed by atoms with E-state index in [9.17, 15) is 15.0 Å². The first kappa shape index (κ1) is 15.7. The van der Waals surface area contributed by atoms with Gasteiger partial charge in [-0.15, -0.1) is 0 Å². The van der Waals surface area contributed by atoms with Gasteiger partial charge in [-0.1, -0.05) is 18.6 Å². The maximum atomic E-state index is 12.6. The highest BCUT2D eigenvalue weighted by molar-refractivity contribution is 5.87. The Bertz CT molecular complexity index is 426. The van der Waals surface area contributed by atoms with Crippen LogP contribution in [0.2, 0.25) is 0 Å². The molecular formula is C16H26O4. The molecule has 0 bridgehead atoms. The van der Waals surface area contributed by atoms with Gasteiger partial charge < -0.3 is 15.3 Å². The SMILES string of the molecule is C[C@H]1CC[C@H]2C(=C[C@@H](O)[C@@](C)(O)[C@]2(C)C(=O)CCO)C1. The van der Waals surface area contributed by atoms with E-state index in [0.29, 0.717) is 5.92 Å². The van der Waals surface area contributed by atoms with Crippen molar-refractivity contribution in [3.8, 4) is 0 Å². The summed E-state index contributed by atoms with van der Waals surface area (Å²) < 4.78 is 0. The van der Waals surface area contributed by atoms with Crippen molar-refractivity contribution in [1.29, 1.82) is 0 Å². The highest BCUT2D eigenvalue weighted by Crippen LogP contribution is 2.54. The number of carbonyl (C=O) groups excluding carboxylic acids is 1. The summed E-state index contributed by atoms with van der Waals surface area (Å²) in [5.74, 6) is 0.357. The number of aliphatic hydroxyl groups is 3. The van der Waals surface area contributed by atoms with Crippen molar-refractivity contribution in [1.82, 2.24) is 0 Å². The molecule has 0 radical (unpaired) electrons. The van der Waals surface area contributed by atoms with E-state index < -0.39 is 17.1 Å². The Balaban J connectivity index is 2.47. The second-order valence-corrected chi connectivity index (χ2v) is 6.87. The lowest BCUT2D eigenvalue weighted by Crippen LogP contribution is -2.62. The van der Waals surface area contributed by atoms with Gasteiger partial charge in [-0.2, -0.15) is 0 Å². The third-order valence-electron chi connectivity index (χ3n) is 5.59. The van der Waals surface area contributed by atoms with Crippen LogP contribution in [-0.2, 0) is 4.79 Å². The number of Topliss-reactive ketones (excluding diaryl/α,β-unsaturated/α-hetero) is 1. The molecule has 4 heteroatoms. The quantitative estimate of drug-likeness (QED) is 0.684. The van der Waals surface area contributed by atoms with Crippen molar-refractivity contribution in [2.45, 2.75) is 58.2 Å². The normalized spacial score (nSPS) is 44.7. The van der Waals surface area contributed by atoms with Crippen LogP contribution in [0.3, 0.4) is 0 Å². The van der Waals surface area contributed by atoms with Crippen molar-refractivity contribution >= 4 is 5.78 Å². The van der Waals surface area contributed by atoms with Gasteiger partial charge in [-0.05, 0) is 44.9 Å². The monoisotopic (exact) mass is 282 g/mol. The number of fused-ring (bicyclic) bond motifs is 1. The van der Waals surface area contributed by atoms with Crippen LogP contribution in [0, 0.1) is 17.3 Å². The molecule has 0 spiro atoms. The lowest BCUT2D eigenvalue weighted by atomic mass is 9.52. The van der Waals surface area contributed by atoms with Crippen molar-refractivity contribution in [3.63, 3.8) is 0 Å². The van der Waals surface area contributed by atoms with Crippen molar-refractivity contribution in [2.24, 2.45) is 17.3 Å². The van der Waals surface area contributed by atoms with Crippen LogP contribution in [0.5, 0.6) is 0 Å². The Kier molecular flexibility index (Phi) is 4.11. The van der Waals surface area contributed by atoms with Crippen LogP contribution in [0.4, 0.5) is 0 Å². The molecule has 0 saturated heterocycles. The summed E-state index contributed by atoms with van der Waals surface area (Å²) in [5.41, 5.74) is -1.43. The number of hydrogen-bond acceptors (Lipinski definition) is 4. The van der Waals surface area contributed by atoms with E-state index in [1.165, 1.54) is 6.92 Å². The Labute approximate surface area is 120 Å². The second-order valence-electron chi connectivity index (χ2n) is 6.87. The highest BCUT2D eigenvalue weighted by atomic mass is 16.3. The molecule has 2 rings (SSSR count). The third kappa shape index (κ3) is 2.14. The topological polar surface area (TPSA) is 77.8 Å². The average molecular weight is 282 g/mol.